The van der Waals surface area contributed by atoms with Crippen molar-refractivity contribution in [1.29, 1.82) is 10.5 Å². The fourth-order valence-corrected chi connectivity index (χ4v) is 0.997. The molecule has 0 saturated carbocycles. The highest BCUT2D eigenvalue weighted by Crippen LogP contribution is 2.05. The van der Waals surface area contributed by atoms with Crippen LogP contribution in [0.1, 0.15) is 0 Å². The van der Waals surface area contributed by atoms with Gasteiger partial charge in [0.25, 0.3) is 0 Å². The number of benzene rings is 1. The summed E-state index contributed by atoms with van der Waals surface area (Å²) in [5.41, 5.74) is 0.981. The summed E-state index contributed by atoms with van der Waals surface area (Å²) in [4.78, 5) is 0. The topological polar surface area (TPSA) is 100 Å². The largest absolute Gasteiger partial charge is 0.488 e. The SMILES string of the molecule is N#CC(C#N)=CNc1ccc(B(O)O)cc1. The predicted octanol–water partition coefficient (Wildman–Crippen LogP) is -0.291. The summed E-state index contributed by atoms with van der Waals surface area (Å²) in [5.74, 6) is 0. The van der Waals surface area contributed by atoms with Crippen LogP contribution in [0.2, 0.25) is 0 Å². The molecule has 16 heavy (non-hydrogen) atoms. The van der Waals surface area contributed by atoms with Crippen LogP contribution >= 0.6 is 0 Å². The molecule has 0 aliphatic heterocycles. The average Bonchev–Trinajstić information content (AvgIpc) is 2.31. The molecule has 3 N–H and O–H groups in total. The Morgan fingerprint density at radius 1 is 1.19 bits per heavy atom. The molecule has 0 unspecified atom stereocenters. The Labute approximate surface area is 93.0 Å². The van der Waals surface area contributed by atoms with Crippen molar-refractivity contribution in [3.63, 3.8) is 0 Å². The summed E-state index contributed by atoms with van der Waals surface area (Å²) in [5, 5.41) is 37.4. The smallest absolute Gasteiger partial charge is 0.423 e. The second kappa shape index (κ2) is 5.57. The maximum absolute atomic E-state index is 8.85. The van der Waals surface area contributed by atoms with Crippen LogP contribution in [0.25, 0.3) is 0 Å². The van der Waals surface area contributed by atoms with E-state index in [9.17, 15) is 0 Å². The van der Waals surface area contributed by atoms with E-state index < -0.39 is 7.12 Å². The van der Waals surface area contributed by atoms with Gasteiger partial charge in [0, 0.05) is 11.9 Å². The molecular formula is C10H8BN3O2. The van der Waals surface area contributed by atoms with Crippen LogP contribution in [0.5, 0.6) is 0 Å². The molecule has 0 atom stereocenters. The Balaban J connectivity index is 2.75. The minimum absolute atomic E-state index is 0.0359. The van der Waals surface area contributed by atoms with E-state index in [1.54, 1.807) is 24.3 Å². The molecule has 6 heteroatoms. The van der Waals surface area contributed by atoms with Crippen LogP contribution in [-0.4, -0.2) is 17.2 Å². The van der Waals surface area contributed by atoms with E-state index in [1.165, 1.54) is 18.3 Å². The molecule has 0 aromatic heterocycles. The Morgan fingerprint density at radius 3 is 2.19 bits per heavy atom. The maximum atomic E-state index is 8.85. The van der Waals surface area contributed by atoms with Gasteiger partial charge in [-0.2, -0.15) is 10.5 Å². The summed E-state index contributed by atoms with van der Waals surface area (Å²) in [6.45, 7) is 0. The van der Waals surface area contributed by atoms with Gasteiger partial charge in [0.05, 0.1) is 0 Å². The Morgan fingerprint density at radius 2 is 1.75 bits per heavy atom. The van der Waals surface area contributed by atoms with Gasteiger partial charge in [0.1, 0.15) is 17.7 Å². The predicted molar refractivity (Wildman–Crippen MR) is 59.2 cm³/mol. The minimum Gasteiger partial charge on any atom is -0.423 e. The standard InChI is InChI=1S/C10H8BN3O2/c12-5-8(6-13)7-14-10-3-1-9(2-4-10)11(15)16/h1-4,7,14-16H. The van der Waals surface area contributed by atoms with E-state index >= 15 is 0 Å². The van der Waals surface area contributed by atoms with Gasteiger partial charge in [-0.15, -0.1) is 0 Å². The normalized spacial score (nSPS) is 8.50. The molecule has 0 heterocycles. The maximum Gasteiger partial charge on any atom is 0.488 e. The molecule has 1 aromatic rings. The molecule has 1 aromatic carbocycles. The Kier molecular flexibility index (Phi) is 4.11. The second-order valence-electron chi connectivity index (χ2n) is 2.92. The number of nitrogens with one attached hydrogen (secondary N) is 1. The third kappa shape index (κ3) is 3.14. The van der Waals surface area contributed by atoms with Crippen LogP contribution in [-0.2, 0) is 0 Å². The summed E-state index contributed by atoms with van der Waals surface area (Å²) in [6.07, 6.45) is 1.28. The lowest BCUT2D eigenvalue weighted by atomic mass is 9.80. The molecule has 0 amide bonds. The van der Waals surface area contributed by atoms with Crippen molar-refractivity contribution in [2.24, 2.45) is 0 Å². The number of hydrogen-bond acceptors (Lipinski definition) is 5. The third-order valence-corrected chi connectivity index (χ3v) is 1.83. The van der Waals surface area contributed by atoms with Crippen LogP contribution in [0.4, 0.5) is 5.69 Å². The van der Waals surface area contributed by atoms with E-state index in [0.717, 1.165) is 0 Å². The van der Waals surface area contributed by atoms with Crippen molar-refractivity contribution in [2.45, 2.75) is 0 Å². The highest BCUT2D eigenvalue weighted by atomic mass is 16.4. The zero-order valence-electron chi connectivity index (χ0n) is 8.25. The van der Waals surface area contributed by atoms with Crippen molar-refractivity contribution in [1.82, 2.24) is 0 Å². The quantitative estimate of drug-likeness (QED) is 0.473. The molecule has 1 rings (SSSR count). The van der Waals surface area contributed by atoms with Crippen molar-refractivity contribution in [3.8, 4) is 12.1 Å². The van der Waals surface area contributed by atoms with Gasteiger partial charge in [-0.3, -0.25) is 0 Å². The van der Waals surface area contributed by atoms with Crippen LogP contribution in [0.15, 0.2) is 36.0 Å². The van der Waals surface area contributed by atoms with Crippen molar-refractivity contribution in [2.75, 3.05) is 5.32 Å². The van der Waals surface area contributed by atoms with Gasteiger partial charge in [0.2, 0.25) is 0 Å². The second-order valence-corrected chi connectivity index (χ2v) is 2.92. The van der Waals surface area contributed by atoms with Crippen molar-refractivity contribution >= 4 is 18.3 Å². The van der Waals surface area contributed by atoms with E-state index in [2.05, 4.69) is 5.32 Å². The van der Waals surface area contributed by atoms with Crippen LogP contribution in [0.3, 0.4) is 0 Å². The first-order valence-corrected chi connectivity index (χ1v) is 4.40. The Hall–Kier alpha value is -2.28. The lowest BCUT2D eigenvalue weighted by Gasteiger charge is -2.02. The first-order valence-electron chi connectivity index (χ1n) is 4.40. The van der Waals surface area contributed by atoms with E-state index in [1.807, 2.05) is 0 Å². The molecule has 0 radical (unpaired) electrons. The van der Waals surface area contributed by atoms with Crippen molar-refractivity contribution < 1.29 is 10.0 Å². The number of rotatable bonds is 3. The summed E-state index contributed by atoms with van der Waals surface area (Å²) >= 11 is 0. The molecule has 0 aliphatic rings. The van der Waals surface area contributed by atoms with E-state index in [0.29, 0.717) is 11.2 Å². The zero-order valence-corrected chi connectivity index (χ0v) is 8.25. The fraction of sp³-hybridized carbons (Fsp3) is 0. The fourth-order valence-electron chi connectivity index (χ4n) is 0.997. The average molecular weight is 213 g/mol. The van der Waals surface area contributed by atoms with Gasteiger partial charge < -0.3 is 15.4 Å². The molecule has 0 spiro atoms. The summed E-state index contributed by atoms with van der Waals surface area (Å²) in [7, 11) is -1.50. The summed E-state index contributed by atoms with van der Waals surface area (Å²) < 4.78 is 0. The third-order valence-electron chi connectivity index (χ3n) is 1.83. The van der Waals surface area contributed by atoms with Gasteiger partial charge in [-0.25, -0.2) is 0 Å². The molecule has 0 fully saturated rings. The van der Waals surface area contributed by atoms with Crippen LogP contribution < -0.4 is 10.8 Å². The number of nitriles is 2. The van der Waals surface area contributed by atoms with E-state index in [4.69, 9.17) is 20.6 Å². The first-order chi connectivity index (χ1) is 7.67. The molecule has 78 valence electrons. The Bertz CT molecular complexity index is 452. The number of hydrogen-bond donors (Lipinski definition) is 3. The highest BCUT2D eigenvalue weighted by Gasteiger charge is 2.09. The van der Waals surface area contributed by atoms with Crippen molar-refractivity contribution in [3.05, 3.63) is 36.0 Å². The van der Waals surface area contributed by atoms with Crippen LogP contribution in [0, 0.1) is 22.7 Å². The molecule has 0 saturated heterocycles. The first kappa shape index (κ1) is 11.8. The number of anilines is 1. The molecule has 0 aliphatic carbocycles. The molecule has 0 bridgehead atoms. The lowest BCUT2D eigenvalue weighted by Crippen LogP contribution is -2.29. The van der Waals surface area contributed by atoms with E-state index in [-0.39, 0.29) is 5.57 Å². The number of allylic oxidation sites excluding steroid dienone is 1. The zero-order chi connectivity index (χ0) is 12.0. The lowest BCUT2D eigenvalue weighted by molar-refractivity contribution is 0.426. The minimum atomic E-state index is -1.50. The summed E-state index contributed by atoms with van der Waals surface area (Å²) in [6, 6.07) is 9.69. The highest BCUT2D eigenvalue weighted by molar-refractivity contribution is 6.58. The molecular weight excluding hydrogens is 205 g/mol. The van der Waals surface area contributed by atoms with Gasteiger partial charge in [-0.1, -0.05) is 12.1 Å². The molecule has 5 nitrogen and oxygen atoms in total. The van der Waals surface area contributed by atoms with Gasteiger partial charge >= 0.3 is 7.12 Å². The van der Waals surface area contributed by atoms with Gasteiger partial charge in [-0.05, 0) is 17.6 Å². The number of nitrogens with zero attached hydrogens (tertiary/aromatic N) is 2. The van der Waals surface area contributed by atoms with Gasteiger partial charge in [0.15, 0.2) is 0 Å². The monoisotopic (exact) mass is 213 g/mol.